The Bertz CT molecular complexity index is 1340. The lowest BCUT2D eigenvalue weighted by Gasteiger charge is -2.33. The van der Waals surface area contributed by atoms with Gasteiger partial charge in [-0.2, -0.15) is 0 Å². The average molecular weight is 475 g/mol. The van der Waals surface area contributed by atoms with Gasteiger partial charge in [-0.15, -0.1) is 0 Å². The van der Waals surface area contributed by atoms with Gasteiger partial charge in [-0.25, -0.2) is 4.39 Å². The van der Waals surface area contributed by atoms with Gasteiger partial charge in [0, 0.05) is 43.0 Å². The maximum absolute atomic E-state index is 14.6. The summed E-state index contributed by atoms with van der Waals surface area (Å²) >= 11 is 0. The normalized spacial score (nSPS) is 21.6. The molecule has 2 saturated heterocycles. The summed E-state index contributed by atoms with van der Waals surface area (Å²) in [5.74, 6) is -1.35. The van der Waals surface area contributed by atoms with Gasteiger partial charge in [-0.05, 0) is 85.3 Å². The molecule has 0 spiro atoms. The molecule has 2 aromatic heterocycles. The number of rotatable bonds is 4. The number of fused-ring (bicyclic) bond motifs is 2. The molecule has 1 N–H and O–H groups in total. The third-order valence-electron chi connectivity index (χ3n) is 7.73. The van der Waals surface area contributed by atoms with Crippen LogP contribution in [0.3, 0.4) is 0 Å². The number of amides is 3. The van der Waals surface area contributed by atoms with E-state index in [0.29, 0.717) is 12.0 Å². The van der Waals surface area contributed by atoms with Gasteiger partial charge >= 0.3 is 0 Å². The molecule has 5 heterocycles. The molecule has 6 rings (SSSR count). The smallest absolute Gasteiger partial charge is 0.255 e. The Morgan fingerprint density at radius 2 is 1.83 bits per heavy atom. The molecule has 7 nitrogen and oxygen atoms in total. The molecule has 180 valence electrons. The van der Waals surface area contributed by atoms with Crippen LogP contribution in [-0.2, 0) is 22.7 Å². The van der Waals surface area contributed by atoms with Crippen LogP contribution in [0.2, 0.25) is 0 Å². The lowest BCUT2D eigenvalue weighted by molar-refractivity contribution is -0.136. The first-order chi connectivity index (χ1) is 17.0. The number of pyridine rings is 1. The molecule has 8 heteroatoms. The fourth-order valence-electron chi connectivity index (χ4n) is 5.91. The minimum atomic E-state index is -0.692. The zero-order chi connectivity index (χ0) is 24.1. The number of aromatic nitrogens is 1. The minimum Gasteiger partial charge on any atom is -0.324 e. The topological polar surface area (TPSA) is 74.1 Å². The number of imide groups is 1. The summed E-state index contributed by atoms with van der Waals surface area (Å²) in [5, 5.41) is 2.32. The molecule has 3 aliphatic rings. The summed E-state index contributed by atoms with van der Waals surface area (Å²) in [6, 6.07) is 10.5. The lowest BCUT2D eigenvalue weighted by Crippen LogP contribution is -2.52. The second-order valence-corrected chi connectivity index (χ2v) is 9.81. The van der Waals surface area contributed by atoms with Crippen molar-refractivity contribution < 1.29 is 18.8 Å². The predicted molar refractivity (Wildman–Crippen MR) is 127 cm³/mol. The predicted octanol–water partition coefficient (Wildman–Crippen LogP) is 3.22. The van der Waals surface area contributed by atoms with E-state index in [1.54, 1.807) is 6.07 Å². The van der Waals surface area contributed by atoms with E-state index in [4.69, 9.17) is 0 Å². The molecule has 1 atom stereocenters. The highest BCUT2D eigenvalue weighted by atomic mass is 19.1. The van der Waals surface area contributed by atoms with Gasteiger partial charge in [0.25, 0.3) is 5.91 Å². The van der Waals surface area contributed by atoms with E-state index >= 15 is 0 Å². The van der Waals surface area contributed by atoms with Gasteiger partial charge < -0.3 is 9.30 Å². The number of likely N-dealkylation sites (tertiary alicyclic amines) is 1. The second-order valence-electron chi connectivity index (χ2n) is 9.81. The summed E-state index contributed by atoms with van der Waals surface area (Å²) in [6.07, 6.45) is 6.40. The van der Waals surface area contributed by atoms with Crippen LogP contribution in [0, 0.1) is 5.82 Å². The third-order valence-corrected chi connectivity index (χ3v) is 7.73. The number of carbonyl (C=O) groups excluding carboxylic acids is 3. The molecule has 3 amide bonds. The number of carbonyl (C=O) groups is 3. The van der Waals surface area contributed by atoms with Gasteiger partial charge in [-0.1, -0.05) is 6.07 Å². The van der Waals surface area contributed by atoms with Crippen LogP contribution >= 0.6 is 0 Å². The molecule has 1 aromatic carbocycles. The first-order valence-corrected chi connectivity index (χ1v) is 12.2. The van der Waals surface area contributed by atoms with Crippen molar-refractivity contribution in [3.63, 3.8) is 0 Å². The van der Waals surface area contributed by atoms with Crippen LogP contribution in [-0.4, -0.2) is 51.1 Å². The number of piperidine rings is 2. The average Bonchev–Trinajstić information content (AvgIpc) is 3.40. The standard InChI is InChI=1S/C27H27FN4O3/c28-19-13-20(22-16-32(27(35)21(22)14-19)24-4-5-25(33)29-26(24)34)17-6-10-30(11-7-17)15-18-8-12-31-9-2-1-3-23(18)31/h1-3,8-9,12-14,17,24H,4-7,10-11,15-16H2,(H,29,33,34). The SMILES string of the molecule is O=C1CCC(N2Cc3c(cc(F)cc3C3CCN(Cc4ccn5ccccc45)CC3)C2=O)C(=O)N1. The van der Waals surface area contributed by atoms with Crippen molar-refractivity contribution in [2.45, 2.75) is 50.7 Å². The van der Waals surface area contributed by atoms with Crippen molar-refractivity contribution in [1.29, 1.82) is 0 Å². The van der Waals surface area contributed by atoms with Crippen LogP contribution < -0.4 is 5.32 Å². The molecular weight excluding hydrogens is 447 g/mol. The van der Waals surface area contributed by atoms with E-state index in [2.05, 4.69) is 45.2 Å². The molecule has 3 aliphatic heterocycles. The monoisotopic (exact) mass is 474 g/mol. The summed E-state index contributed by atoms with van der Waals surface area (Å²) < 4.78 is 16.7. The Balaban J connectivity index is 1.18. The second kappa shape index (κ2) is 8.61. The van der Waals surface area contributed by atoms with Gasteiger partial charge in [-0.3, -0.25) is 24.6 Å². The van der Waals surface area contributed by atoms with E-state index in [0.717, 1.165) is 43.6 Å². The van der Waals surface area contributed by atoms with Crippen molar-refractivity contribution in [1.82, 2.24) is 19.5 Å². The van der Waals surface area contributed by atoms with Gasteiger partial charge in [0.1, 0.15) is 11.9 Å². The van der Waals surface area contributed by atoms with E-state index in [9.17, 15) is 18.8 Å². The minimum absolute atomic E-state index is 0.163. The van der Waals surface area contributed by atoms with Gasteiger partial charge in [0.05, 0.1) is 0 Å². The van der Waals surface area contributed by atoms with Crippen LogP contribution in [0.1, 0.15) is 58.6 Å². The zero-order valence-electron chi connectivity index (χ0n) is 19.4. The number of nitrogens with zero attached hydrogens (tertiary/aromatic N) is 3. The first kappa shape index (κ1) is 22.0. The van der Waals surface area contributed by atoms with Crippen molar-refractivity contribution in [2.24, 2.45) is 0 Å². The Kier molecular flexibility index (Phi) is 5.40. The van der Waals surface area contributed by atoms with Crippen molar-refractivity contribution in [2.75, 3.05) is 13.1 Å². The molecule has 0 saturated carbocycles. The van der Waals surface area contributed by atoms with E-state index < -0.39 is 17.8 Å². The number of hydrogen-bond donors (Lipinski definition) is 1. The van der Waals surface area contributed by atoms with Gasteiger partial charge in [0.2, 0.25) is 11.8 Å². The van der Waals surface area contributed by atoms with E-state index in [1.807, 2.05) is 6.07 Å². The first-order valence-electron chi connectivity index (χ1n) is 12.2. The highest BCUT2D eigenvalue weighted by molar-refractivity contribution is 6.05. The summed E-state index contributed by atoms with van der Waals surface area (Å²) in [7, 11) is 0. The zero-order valence-corrected chi connectivity index (χ0v) is 19.4. The van der Waals surface area contributed by atoms with Crippen molar-refractivity contribution >= 4 is 23.2 Å². The van der Waals surface area contributed by atoms with Crippen LogP contribution in [0.15, 0.2) is 48.8 Å². The molecule has 0 aliphatic carbocycles. The highest BCUT2D eigenvalue weighted by Crippen LogP contribution is 2.38. The van der Waals surface area contributed by atoms with Crippen LogP contribution in [0.4, 0.5) is 4.39 Å². The van der Waals surface area contributed by atoms with Crippen molar-refractivity contribution in [3.8, 4) is 0 Å². The molecule has 2 fully saturated rings. The lowest BCUT2D eigenvalue weighted by atomic mass is 9.85. The van der Waals surface area contributed by atoms with E-state index in [-0.39, 0.29) is 30.7 Å². The molecule has 1 unspecified atom stereocenters. The molecule has 35 heavy (non-hydrogen) atoms. The summed E-state index contributed by atoms with van der Waals surface area (Å²) in [4.78, 5) is 41.0. The van der Waals surface area contributed by atoms with E-state index in [1.165, 1.54) is 22.0 Å². The van der Waals surface area contributed by atoms with Crippen molar-refractivity contribution in [3.05, 3.63) is 76.9 Å². The summed E-state index contributed by atoms with van der Waals surface area (Å²) in [6.45, 7) is 2.94. The molecule has 0 bridgehead atoms. The Labute approximate surface area is 202 Å². The maximum Gasteiger partial charge on any atom is 0.255 e. The van der Waals surface area contributed by atoms with Crippen LogP contribution in [0.25, 0.3) is 5.52 Å². The number of nitrogens with one attached hydrogen (secondary N) is 1. The highest BCUT2D eigenvalue weighted by Gasteiger charge is 2.41. The fourth-order valence-corrected chi connectivity index (χ4v) is 5.91. The largest absolute Gasteiger partial charge is 0.324 e. The van der Waals surface area contributed by atoms with Crippen LogP contribution in [0.5, 0.6) is 0 Å². The Hall–Kier alpha value is -3.52. The number of hydrogen-bond acceptors (Lipinski definition) is 4. The molecule has 3 aromatic rings. The quantitative estimate of drug-likeness (QED) is 0.590. The number of benzene rings is 1. The Morgan fingerprint density at radius 1 is 1.00 bits per heavy atom. The maximum atomic E-state index is 14.6. The number of halogens is 1. The summed E-state index contributed by atoms with van der Waals surface area (Å²) in [5.41, 5.74) is 4.58. The molecular formula is C27H27FN4O3. The third kappa shape index (κ3) is 3.91. The Morgan fingerprint density at radius 3 is 2.63 bits per heavy atom. The van der Waals surface area contributed by atoms with Gasteiger partial charge in [0.15, 0.2) is 0 Å². The fraction of sp³-hybridized carbons (Fsp3) is 0.370. The molecule has 0 radical (unpaired) electrons.